The van der Waals surface area contributed by atoms with Crippen LogP contribution in [0.5, 0.6) is 0 Å². The minimum Gasteiger partial charge on any atom is -0.394 e. The van der Waals surface area contributed by atoms with E-state index in [-0.39, 0.29) is 19.3 Å². The summed E-state index contributed by atoms with van der Waals surface area (Å²) in [6, 6.07) is 2.43. The average Bonchev–Trinajstić information content (AvgIpc) is 2.45. The summed E-state index contributed by atoms with van der Waals surface area (Å²) in [5, 5.41) is 8.73. The van der Waals surface area contributed by atoms with Gasteiger partial charge in [0, 0.05) is 19.3 Å². The predicted octanol–water partition coefficient (Wildman–Crippen LogP) is 2.08. The third-order valence-corrected chi connectivity index (χ3v) is 3.22. The fraction of sp³-hybridized carbons (Fsp3) is 0.615. The van der Waals surface area contributed by atoms with Crippen molar-refractivity contribution in [3.8, 4) is 0 Å². The van der Waals surface area contributed by atoms with E-state index in [2.05, 4.69) is 4.98 Å². The van der Waals surface area contributed by atoms with Gasteiger partial charge in [-0.1, -0.05) is 0 Å². The van der Waals surface area contributed by atoms with E-state index < -0.39 is 11.7 Å². The molecular weight excluding hydrogens is 273 g/mol. The molecule has 7 heteroatoms. The third-order valence-electron chi connectivity index (χ3n) is 3.22. The van der Waals surface area contributed by atoms with Crippen molar-refractivity contribution in [1.29, 1.82) is 0 Å². The number of pyridine rings is 1. The molecule has 4 nitrogen and oxygen atoms in total. The second-order valence-electron chi connectivity index (χ2n) is 4.71. The summed E-state index contributed by atoms with van der Waals surface area (Å²) >= 11 is 0. The fourth-order valence-corrected chi connectivity index (χ4v) is 2.24. The van der Waals surface area contributed by atoms with E-state index >= 15 is 0 Å². The first-order valence-corrected chi connectivity index (χ1v) is 6.51. The first-order chi connectivity index (χ1) is 9.50. The van der Waals surface area contributed by atoms with Gasteiger partial charge in [-0.3, -0.25) is 0 Å². The summed E-state index contributed by atoms with van der Waals surface area (Å²) in [5.74, 6) is 0.523. The van der Waals surface area contributed by atoms with Crippen LogP contribution in [0.25, 0.3) is 0 Å². The number of piperidine rings is 1. The monoisotopic (exact) mass is 290 g/mol. The van der Waals surface area contributed by atoms with Crippen molar-refractivity contribution < 1.29 is 23.0 Å². The Morgan fingerprint density at radius 3 is 2.80 bits per heavy atom. The van der Waals surface area contributed by atoms with Crippen LogP contribution in [0.2, 0.25) is 0 Å². The molecule has 1 N–H and O–H groups in total. The van der Waals surface area contributed by atoms with Crippen LogP contribution < -0.4 is 4.90 Å². The lowest BCUT2D eigenvalue weighted by Crippen LogP contribution is -2.40. The van der Waals surface area contributed by atoms with E-state index in [9.17, 15) is 13.2 Å². The fourth-order valence-electron chi connectivity index (χ4n) is 2.24. The molecule has 0 bridgehead atoms. The molecule has 0 radical (unpaired) electrons. The lowest BCUT2D eigenvalue weighted by molar-refractivity contribution is -0.137. The topological polar surface area (TPSA) is 45.6 Å². The maximum absolute atomic E-state index is 12.5. The highest BCUT2D eigenvalue weighted by Gasteiger charge is 2.31. The first-order valence-electron chi connectivity index (χ1n) is 6.51. The van der Waals surface area contributed by atoms with Crippen LogP contribution >= 0.6 is 0 Å². The predicted molar refractivity (Wildman–Crippen MR) is 67.5 cm³/mol. The molecule has 0 aliphatic carbocycles. The number of rotatable bonds is 4. The van der Waals surface area contributed by atoms with Crippen molar-refractivity contribution in [2.24, 2.45) is 0 Å². The Morgan fingerprint density at radius 1 is 1.40 bits per heavy atom. The highest BCUT2D eigenvalue weighted by Crippen LogP contribution is 2.29. The van der Waals surface area contributed by atoms with Crippen LogP contribution in [-0.2, 0) is 10.9 Å². The van der Waals surface area contributed by atoms with Gasteiger partial charge in [0.05, 0.1) is 24.9 Å². The number of ether oxygens (including phenoxy) is 1. The second kappa shape index (κ2) is 6.41. The molecule has 2 rings (SSSR count). The van der Waals surface area contributed by atoms with E-state index in [1.165, 1.54) is 6.07 Å². The van der Waals surface area contributed by atoms with Crippen LogP contribution in [0, 0.1) is 0 Å². The van der Waals surface area contributed by atoms with Crippen LogP contribution in [0.15, 0.2) is 18.3 Å². The van der Waals surface area contributed by atoms with Crippen molar-refractivity contribution in [2.45, 2.75) is 25.1 Å². The minimum atomic E-state index is -4.36. The number of anilines is 1. The largest absolute Gasteiger partial charge is 0.417 e. The number of halogens is 3. The molecule has 1 aromatic rings. The number of nitrogens with zero attached hydrogens (tertiary/aromatic N) is 2. The van der Waals surface area contributed by atoms with Gasteiger partial charge in [0.25, 0.3) is 0 Å². The van der Waals surface area contributed by atoms with Gasteiger partial charge in [-0.15, -0.1) is 0 Å². The third kappa shape index (κ3) is 3.83. The van der Waals surface area contributed by atoms with Gasteiger partial charge >= 0.3 is 6.18 Å². The summed E-state index contributed by atoms with van der Waals surface area (Å²) in [5.41, 5.74) is -0.744. The van der Waals surface area contributed by atoms with Gasteiger partial charge in [0.2, 0.25) is 0 Å². The number of aliphatic hydroxyl groups excluding tert-OH is 1. The number of aliphatic hydroxyl groups is 1. The zero-order valence-electron chi connectivity index (χ0n) is 10.9. The molecule has 112 valence electrons. The van der Waals surface area contributed by atoms with Gasteiger partial charge < -0.3 is 14.7 Å². The second-order valence-corrected chi connectivity index (χ2v) is 4.71. The Morgan fingerprint density at radius 2 is 2.20 bits per heavy atom. The lowest BCUT2D eigenvalue weighted by Gasteiger charge is -2.33. The maximum atomic E-state index is 12.5. The molecule has 1 saturated heterocycles. The summed E-state index contributed by atoms with van der Waals surface area (Å²) in [7, 11) is 0. The Balaban J connectivity index is 2.00. The Hall–Kier alpha value is -1.34. The maximum Gasteiger partial charge on any atom is 0.417 e. The molecule has 0 aromatic carbocycles. The molecule has 20 heavy (non-hydrogen) atoms. The smallest absolute Gasteiger partial charge is 0.394 e. The molecule has 0 saturated carbocycles. The van der Waals surface area contributed by atoms with Gasteiger partial charge in [-0.25, -0.2) is 4.98 Å². The molecule has 0 spiro atoms. The summed E-state index contributed by atoms with van der Waals surface area (Å²) < 4.78 is 42.9. The van der Waals surface area contributed by atoms with Crippen LogP contribution in [-0.4, -0.2) is 42.5 Å². The first kappa shape index (κ1) is 15.1. The van der Waals surface area contributed by atoms with Crippen molar-refractivity contribution in [3.63, 3.8) is 0 Å². The summed E-state index contributed by atoms with van der Waals surface area (Å²) in [4.78, 5) is 5.79. The quantitative estimate of drug-likeness (QED) is 0.922. The Labute approximate surface area is 115 Å². The standard InChI is InChI=1S/C13H17F3N2O2/c14-13(15,16)10-3-4-12(17-8-10)18-5-1-2-11(9-18)20-7-6-19/h3-4,8,11,19H,1-2,5-7,9H2. The van der Waals surface area contributed by atoms with Crippen LogP contribution in [0.1, 0.15) is 18.4 Å². The van der Waals surface area contributed by atoms with E-state index in [1.807, 2.05) is 4.90 Å². The molecule has 0 amide bonds. The number of aromatic nitrogens is 1. The lowest BCUT2D eigenvalue weighted by atomic mass is 10.1. The average molecular weight is 290 g/mol. The van der Waals surface area contributed by atoms with Crippen LogP contribution in [0.3, 0.4) is 0 Å². The molecule has 1 atom stereocenters. The Kier molecular flexibility index (Phi) is 4.82. The van der Waals surface area contributed by atoms with Gasteiger partial charge in [0.15, 0.2) is 0 Å². The zero-order chi connectivity index (χ0) is 14.6. The number of hydrogen-bond acceptors (Lipinski definition) is 4. The van der Waals surface area contributed by atoms with E-state index in [0.29, 0.717) is 12.4 Å². The molecule has 1 aliphatic rings. The molecule has 1 unspecified atom stereocenters. The van der Waals surface area contributed by atoms with Crippen LogP contribution in [0.4, 0.5) is 19.0 Å². The van der Waals surface area contributed by atoms with Crippen molar-refractivity contribution in [3.05, 3.63) is 23.9 Å². The molecule has 1 aliphatic heterocycles. The van der Waals surface area contributed by atoms with Crippen molar-refractivity contribution in [2.75, 3.05) is 31.2 Å². The van der Waals surface area contributed by atoms with Gasteiger partial charge in [-0.2, -0.15) is 13.2 Å². The summed E-state index contributed by atoms with van der Waals surface area (Å²) in [6.07, 6.45) is -1.75. The summed E-state index contributed by atoms with van der Waals surface area (Å²) in [6.45, 7) is 1.57. The number of hydrogen-bond donors (Lipinski definition) is 1. The molecule has 1 aromatic heterocycles. The number of alkyl halides is 3. The molecular formula is C13H17F3N2O2. The molecule has 2 heterocycles. The SMILES string of the molecule is OCCOC1CCCN(c2ccc(C(F)(F)F)cn2)C1. The molecule has 1 fully saturated rings. The highest BCUT2D eigenvalue weighted by molar-refractivity contribution is 5.40. The zero-order valence-corrected chi connectivity index (χ0v) is 10.9. The minimum absolute atomic E-state index is 0.0139. The highest BCUT2D eigenvalue weighted by atomic mass is 19.4. The van der Waals surface area contributed by atoms with Gasteiger partial charge in [-0.05, 0) is 25.0 Å². The van der Waals surface area contributed by atoms with Crippen molar-refractivity contribution >= 4 is 5.82 Å². The van der Waals surface area contributed by atoms with E-state index in [0.717, 1.165) is 31.6 Å². The normalized spacial score (nSPS) is 20.2. The van der Waals surface area contributed by atoms with E-state index in [1.54, 1.807) is 0 Å². The van der Waals surface area contributed by atoms with E-state index in [4.69, 9.17) is 9.84 Å². The van der Waals surface area contributed by atoms with Crippen molar-refractivity contribution in [1.82, 2.24) is 4.98 Å². The van der Waals surface area contributed by atoms with Gasteiger partial charge in [0.1, 0.15) is 5.82 Å². The Bertz CT molecular complexity index is 423.